The zero-order chi connectivity index (χ0) is 16.5. The van der Waals surface area contributed by atoms with Crippen molar-refractivity contribution >= 4 is 18.3 Å². The van der Waals surface area contributed by atoms with E-state index in [2.05, 4.69) is 10.6 Å². The number of rotatable bonds is 9. The largest absolute Gasteiger partial charge is 0.496 e. The van der Waals surface area contributed by atoms with Gasteiger partial charge in [-0.3, -0.25) is 4.79 Å². The molecule has 1 aliphatic heterocycles. The topological polar surface area (TPSA) is 68.8 Å². The summed E-state index contributed by atoms with van der Waals surface area (Å²) >= 11 is 0. The number of ether oxygens (including phenoxy) is 3. The van der Waals surface area contributed by atoms with E-state index in [4.69, 9.17) is 14.2 Å². The summed E-state index contributed by atoms with van der Waals surface area (Å²) in [4.78, 5) is 11.8. The Labute approximate surface area is 149 Å². The molecule has 2 rings (SSSR count). The van der Waals surface area contributed by atoms with Crippen LogP contribution in [0, 0.1) is 0 Å². The van der Waals surface area contributed by atoms with Gasteiger partial charge in [0.2, 0.25) is 5.91 Å². The molecule has 0 aliphatic carbocycles. The van der Waals surface area contributed by atoms with Crippen LogP contribution in [-0.2, 0) is 4.79 Å². The van der Waals surface area contributed by atoms with E-state index in [1.54, 1.807) is 20.3 Å². The van der Waals surface area contributed by atoms with Gasteiger partial charge in [0.1, 0.15) is 17.2 Å². The monoisotopic (exact) mass is 358 g/mol. The molecule has 0 spiro atoms. The lowest BCUT2D eigenvalue weighted by Crippen LogP contribution is -2.32. The predicted octanol–water partition coefficient (Wildman–Crippen LogP) is 2.15. The molecule has 1 aliphatic rings. The maximum absolute atomic E-state index is 11.8. The van der Waals surface area contributed by atoms with E-state index in [0.717, 1.165) is 25.8 Å². The van der Waals surface area contributed by atoms with Crippen LogP contribution in [0.25, 0.3) is 0 Å². The Morgan fingerprint density at radius 1 is 1.21 bits per heavy atom. The van der Waals surface area contributed by atoms with Crippen LogP contribution >= 0.6 is 12.4 Å². The van der Waals surface area contributed by atoms with Crippen LogP contribution in [0.4, 0.5) is 0 Å². The fraction of sp³-hybridized carbons (Fsp3) is 0.588. The van der Waals surface area contributed by atoms with Gasteiger partial charge >= 0.3 is 0 Å². The van der Waals surface area contributed by atoms with Crippen LogP contribution in [0.15, 0.2) is 18.2 Å². The molecule has 0 aromatic heterocycles. The van der Waals surface area contributed by atoms with Crippen LogP contribution in [0.1, 0.15) is 25.7 Å². The summed E-state index contributed by atoms with van der Waals surface area (Å²) in [5.74, 6) is 2.18. The van der Waals surface area contributed by atoms with E-state index < -0.39 is 0 Å². The maximum Gasteiger partial charge on any atom is 0.221 e. The minimum atomic E-state index is 0. The minimum Gasteiger partial charge on any atom is -0.496 e. The third-order valence-electron chi connectivity index (χ3n) is 3.83. The van der Waals surface area contributed by atoms with E-state index in [-0.39, 0.29) is 18.3 Å². The summed E-state index contributed by atoms with van der Waals surface area (Å²) < 4.78 is 16.1. The number of hydrogen-bond donors (Lipinski definition) is 2. The first-order valence-corrected chi connectivity index (χ1v) is 8.07. The van der Waals surface area contributed by atoms with E-state index in [1.807, 2.05) is 12.1 Å². The van der Waals surface area contributed by atoms with Crippen molar-refractivity contribution in [2.45, 2.75) is 31.7 Å². The van der Waals surface area contributed by atoms with E-state index in [0.29, 0.717) is 42.9 Å². The second kappa shape index (κ2) is 11.0. The van der Waals surface area contributed by atoms with Crippen molar-refractivity contribution in [1.82, 2.24) is 10.6 Å². The highest BCUT2D eigenvalue weighted by Gasteiger charge is 2.17. The molecule has 2 N–H and O–H groups in total. The number of carbonyl (C=O) groups is 1. The van der Waals surface area contributed by atoms with Crippen molar-refractivity contribution in [1.29, 1.82) is 0 Å². The molecule has 1 amide bonds. The summed E-state index contributed by atoms with van der Waals surface area (Å²) in [5, 5.41) is 6.26. The molecule has 7 heteroatoms. The molecule has 1 fully saturated rings. The SMILES string of the molecule is COc1cc(OC)cc(OCCCNC(=O)CC2CCCN2)c1.Cl. The zero-order valence-corrected chi connectivity index (χ0v) is 15.1. The third kappa shape index (κ3) is 6.84. The Morgan fingerprint density at radius 2 is 1.88 bits per heavy atom. The number of halogens is 1. The van der Waals surface area contributed by atoms with Crippen molar-refractivity contribution in [3.8, 4) is 17.2 Å². The van der Waals surface area contributed by atoms with Crippen LogP contribution < -0.4 is 24.8 Å². The molecule has 0 saturated carbocycles. The average Bonchev–Trinajstić information content (AvgIpc) is 3.07. The van der Waals surface area contributed by atoms with Crippen molar-refractivity contribution in [2.24, 2.45) is 0 Å². The number of carbonyl (C=O) groups excluding carboxylic acids is 1. The van der Waals surface area contributed by atoms with Gasteiger partial charge in [0.25, 0.3) is 0 Å². The van der Waals surface area contributed by atoms with Crippen molar-refractivity contribution in [2.75, 3.05) is 33.9 Å². The summed E-state index contributed by atoms with van der Waals surface area (Å²) in [6.07, 6.45) is 3.57. The Morgan fingerprint density at radius 3 is 2.46 bits per heavy atom. The summed E-state index contributed by atoms with van der Waals surface area (Å²) in [6, 6.07) is 5.76. The van der Waals surface area contributed by atoms with Crippen LogP contribution in [-0.4, -0.2) is 45.9 Å². The minimum absolute atomic E-state index is 0. The van der Waals surface area contributed by atoms with Gasteiger partial charge in [-0.1, -0.05) is 0 Å². The number of methoxy groups -OCH3 is 2. The predicted molar refractivity (Wildman–Crippen MR) is 95.6 cm³/mol. The van der Waals surface area contributed by atoms with Crippen LogP contribution in [0.5, 0.6) is 17.2 Å². The summed E-state index contributed by atoms with van der Waals surface area (Å²) in [5.41, 5.74) is 0. The first kappa shape index (κ1) is 20.4. The molecular formula is C17H27ClN2O4. The number of hydrogen-bond acceptors (Lipinski definition) is 5. The molecule has 1 unspecified atom stereocenters. The van der Waals surface area contributed by atoms with Crippen LogP contribution in [0.3, 0.4) is 0 Å². The molecule has 1 aromatic rings. The number of benzene rings is 1. The lowest BCUT2D eigenvalue weighted by atomic mass is 10.1. The molecule has 1 saturated heterocycles. The highest BCUT2D eigenvalue weighted by atomic mass is 35.5. The van der Waals surface area contributed by atoms with Gasteiger partial charge < -0.3 is 24.8 Å². The number of amides is 1. The highest BCUT2D eigenvalue weighted by Crippen LogP contribution is 2.27. The Bertz CT molecular complexity index is 485. The lowest BCUT2D eigenvalue weighted by Gasteiger charge is -2.12. The fourth-order valence-corrected chi connectivity index (χ4v) is 2.58. The second-order valence-electron chi connectivity index (χ2n) is 5.60. The first-order chi connectivity index (χ1) is 11.2. The van der Waals surface area contributed by atoms with Crippen molar-refractivity contribution in [3.05, 3.63) is 18.2 Å². The molecule has 24 heavy (non-hydrogen) atoms. The maximum atomic E-state index is 11.8. The van der Waals surface area contributed by atoms with E-state index in [9.17, 15) is 4.79 Å². The third-order valence-corrected chi connectivity index (χ3v) is 3.83. The molecule has 0 radical (unpaired) electrons. The molecule has 1 aromatic carbocycles. The molecule has 1 atom stereocenters. The quantitative estimate of drug-likeness (QED) is 0.662. The van der Waals surface area contributed by atoms with Gasteiger partial charge in [-0.05, 0) is 25.8 Å². The highest BCUT2D eigenvalue weighted by molar-refractivity contribution is 5.85. The van der Waals surface area contributed by atoms with Gasteiger partial charge in [0, 0.05) is 37.2 Å². The zero-order valence-electron chi connectivity index (χ0n) is 14.3. The molecular weight excluding hydrogens is 332 g/mol. The fourth-order valence-electron chi connectivity index (χ4n) is 2.58. The Balaban J connectivity index is 0.00000288. The molecule has 136 valence electrons. The molecule has 0 bridgehead atoms. The molecule has 6 nitrogen and oxygen atoms in total. The van der Waals surface area contributed by atoms with Gasteiger partial charge in [-0.25, -0.2) is 0 Å². The summed E-state index contributed by atoms with van der Waals surface area (Å²) in [6.45, 7) is 2.17. The van der Waals surface area contributed by atoms with Gasteiger partial charge in [-0.2, -0.15) is 0 Å². The average molecular weight is 359 g/mol. The smallest absolute Gasteiger partial charge is 0.221 e. The first-order valence-electron chi connectivity index (χ1n) is 8.07. The van der Waals surface area contributed by atoms with Gasteiger partial charge in [0.05, 0.1) is 20.8 Å². The van der Waals surface area contributed by atoms with Crippen molar-refractivity contribution in [3.63, 3.8) is 0 Å². The van der Waals surface area contributed by atoms with Gasteiger partial charge in [0.15, 0.2) is 0 Å². The Kier molecular flexibility index (Phi) is 9.34. The lowest BCUT2D eigenvalue weighted by molar-refractivity contribution is -0.121. The Hall–Kier alpha value is -1.66. The van der Waals surface area contributed by atoms with Gasteiger partial charge in [-0.15, -0.1) is 12.4 Å². The summed E-state index contributed by atoms with van der Waals surface area (Å²) in [7, 11) is 3.21. The normalized spacial score (nSPS) is 16.2. The standard InChI is InChI=1S/C17H26N2O4.ClH/c1-21-14-10-15(22-2)12-16(11-14)23-8-4-7-19-17(20)9-13-5-3-6-18-13;/h10-13,18H,3-9H2,1-2H3,(H,19,20);1H. The van der Waals surface area contributed by atoms with Crippen molar-refractivity contribution < 1.29 is 19.0 Å². The second-order valence-corrected chi connectivity index (χ2v) is 5.60. The molecule has 1 heterocycles. The van der Waals surface area contributed by atoms with Crippen LogP contribution in [0.2, 0.25) is 0 Å². The number of nitrogens with one attached hydrogen (secondary N) is 2. The van der Waals surface area contributed by atoms with E-state index >= 15 is 0 Å². The van der Waals surface area contributed by atoms with E-state index in [1.165, 1.54) is 0 Å².